The van der Waals surface area contributed by atoms with E-state index in [2.05, 4.69) is 10.2 Å². The van der Waals surface area contributed by atoms with Crippen molar-refractivity contribution in [2.45, 2.75) is 25.8 Å². The number of nitro benzene ring substituents is 1. The highest BCUT2D eigenvalue weighted by Gasteiger charge is 2.34. The van der Waals surface area contributed by atoms with Crippen LogP contribution in [0.15, 0.2) is 18.2 Å². The van der Waals surface area contributed by atoms with Crippen molar-refractivity contribution in [3.63, 3.8) is 0 Å². The van der Waals surface area contributed by atoms with Crippen LogP contribution in [0.3, 0.4) is 0 Å². The Morgan fingerprint density at radius 2 is 2.16 bits per heavy atom. The second kappa shape index (κ2) is 4.81. The molecular formula is C14H19N3O2. The zero-order valence-corrected chi connectivity index (χ0v) is 11.1. The molecule has 2 heterocycles. The standard InChI is InChI=1S/C14H19N3O2/c1-10-2-3-14(17(18)19)13(8-10)15-12-5-7-16-6-4-11(12)9-16/h2-3,8,11-12,15H,4-7,9H2,1H3. The van der Waals surface area contributed by atoms with E-state index in [1.54, 1.807) is 12.1 Å². The van der Waals surface area contributed by atoms with E-state index in [1.165, 1.54) is 13.0 Å². The number of benzene rings is 1. The molecule has 0 aromatic heterocycles. The van der Waals surface area contributed by atoms with Gasteiger partial charge in [0.1, 0.15) is 5.69 Å². The molecular weight excluding hydrogens is 242 g/mol. The van der Waals surface area contributed by atoms with Crippen LogP contribution >= 0.6 is 0 Å². The summed E-state index contributed by atoms with van der Waals surface area (Å²) in [6, 6.07) is 5.65. The smallest absolute Gasteiger partial charge is 0.292 e. The minimum Gasteiger partial charge on any atom is -0.376 e. The summed E-state index contributed by atoms with van der Waals surface area (Å²) < 4.78 is 0. The minimum atomic E-state index is -0.300. The van der Waals surface area contributed by atoms with Gasteiger partial charge in [-0.2, -0.15) is 0 Å². The van der Waals surface area contributed by atoms with Crippen molar-refractivity contribution < 1.29 is 4.92 Å². The van der Waals surface area contributed by atoms with Crippen LogP contribution in [0, 0.1) is 23.0 Å². The molecule has 102 valence electrons. The lowest BCUT2D eigenvalue weighted by molar-refractivity contribution is -0.384. The fourth-order valence-electron chi connectivity index (χ4n) is 3.27. The maximum atomic E-state index is 11.1. The predicted octanol–water partition coefficient (Wildman–Crippen LogP) is 2.41. The fourth-order valence-corrected chi connectivity index (χ4v) is 3.27. The summed E-state index contributed by atoms with van der Waals surface area (Å²) in [6.07, 6.45) is 2.28. The highest BCUT2D eigenvalue weighted by Crippen LogP contribution is 2.32. The molecule has 2 saturated heterocycles. The van der Waals surface area contributed by atoms with Crippen molar-refractivity contribution in [3.05, 3.63) is 33.9 Å². The van der Waals surface area contributed by atoms with Gasteiger partial charge in [0, 0.05) is 25.2 Å². The Morgan fingerprint density at radius 1 is 1.37 bits per heavy atom. The van der Waals surface area contributed by atoms with Crippen molar-refractivity contribution in [3.8, 4) is 0 Å². The average Bonchev–Trinajstić information content (AvgIpc) is 2.75. The largest absolute Gasteiger partial charge is 0.376 e. The Bertz CT molecular complexity index is 503. The van der Waals surface area contributed by atoms with Gasteiger partial charge in [0.25, 0.3) is 5.69 Å². The second-order valence-corrected chi connectivity index (χ2v) is 5.67. The van der Waals surface area contributed by atoms with Gasteiger partial charge in [-0.25, -0.2) is 0 Å². The second-order valence-electron chi connectivity index (χ2n) is 5.67. The van der Waals surface area contributed by atoms with Gasteiger partial charge in [0.05, 0.1) is 4.92 Å². The van der Waals surface area contributed by atoms with Crippen molar-refractivity contribution in [2.75, 3.05) is 25.0 Å². The van der Waals surface area contributed by atoms with Gasteiger partial charge in [-0.3, -0.25) is 10.1 Å². The fraction of sp³-hybridized carbons (Fsp3) is 0.571. The number of nitrogens with one attached hydrogen (secondary N) is 1. The van der Waals surface area contributed by atoms with Gasteiger partial charge in [-0.05, 0) is 43.9 Å². The van der Waals surface area contributed by atoms with Crippen LogP contribution in [0.5, 0.6) is 0 Å². The van der Waals surface area contributed by atoms with Gasteiger partial charge in [0.15, 0.2) is 0 Å². The highest BCUT2D eigenvalue weighted by atomic mass is 16.6. The van der Waals surface area contributed by atoms with Gasteiger partial charge in [-0.15, -0.1) is 0 Å². The van der Waals surface area contributed by atoms with Crippen molar-refractivity contribution in [1.29, 1.82) is 0 Å². The molecule has 0 saturated carbocycles. The number of nitrogens with zero attached hydrogens (tertiary/aromatic N) is 2. The van der Waals surface area contributed by atoms with Crippen LogP contribution in [0.2, 0.25) is 0 Å². The third-order valence-corrected chi connectivity index (χ3v) is 4.32. The number of fused-ring (bicyclic) bond motifs is 2. The monoisotopic (exact) mass is 261 g/mol. The molecule has 0 aliphatic carbocycles. The molecule has 2 aliphatic heterocycles. The van der Waals surface area contributed by atoms with E-state index < -0.39 is 0 Å². The van der Waals surface area contributed by atoms with Crippen LogP contribution in [-0.2, 0) is 0 Å². The third-order valence-electron chi connectivity index (χ3n) is 4.32. The number of anilines is 1. The number of hydrogen-bond acceptors (Lipinski definition) is 4. The number of hydrogen-bond donors (Lipinski definition) is 1. The minimum absolute atomic E-state index is 0.186. The lowest BCUT2D eigenvalue weighted by atomic mass is 9.94. The first-order valence-corrected chi connectivity index (χ1v) is 6.87. The Hall–Kier alpha value is -1.62. The third kappa shape index (κ3) is 2.42. The number of piperidine rings is 1. The quantitative estimate of drug-likeness (QED) is 0.670. The summed E-state index contributed by atoms with van der Waals surface area (Å²) in [5.41, 5.74) is 1.92. The molecule has 0 amide bonds. The molecule has 5 heteroatoms. The Balaban J connectivity index is 1.82. The molecule has 2 aliphatic rings. The lowest BCUT2D eigenvalue weighted by Gasteiger charge is -2.31. The molecule has 2 bridgehead atoms. The van der Waals surface area contributed by atoms with Gasteiger partial charge in [-0.1, -0.05) is 6.07 Å². The summed E-state index contributed by atoms with van der Waals surface area (Å²) in [7, 11) is 0. The molecule has 0 radical (unpaired) electrons. The first kappa shape index (κ1) is 12.4. The Morgan fingerprint density at radius 3 is 2.95 bits per heavy atom. The average molecular weight is 261 g/mol. The number of aryl methyl sites for hydroxylation is 1. The van der Waals surface area contributed by atoms with Gasteiger partial charge >= 0.3 is 0 Å². The molecule has 2 fully saturated rings. The number of nitro groups is 1. The normalized spacial score (nSPS) is 29.2. The van der Waals surface area contributed by atoms with Crippen LogP contribution in [0.4, 0.5) is 11.4 Å². The van der Waals surface area contributed by atoms with Crippen LogP contribution in [0.25, 0.3) is 0 Å². The zero-order valence-electron chi connectivity index (χ0n) is 11.1. The lowest BCUT2D eigenvalue weighted by Crippen LogP contribution is -2.39. The van der Waals surface area contributed by atoms with E-state index in [0.29, 0.717) is 17.6 Å². The first-order chi connectivity index (χ1) is 9.13. The molecule has 0 spiro atoms. The molecule has 5 nitrogen and oxygen atoms in total. The van der Waals surface area contributed by atoms with E-state index >= 15 is 0 Å². The van der Waals surface area contributed by atoms with E-state index in [0.717, 1.165) is 25.1 Å². The SMILES string of the molecule is Cc1ccc([N+](=O)[O-])c(NC2CCN3CCC2C3)c1. The summed E-state index contributed by atoms with van der Waals surface area (Å²) >= 11 is 0. The molecule has 1 aromatic rings. The summed E-state index contributed by atoms with van der Waals surface area (Å²) in [6.45, 7) is 5.39. The molecule has 1 aromatic carbocycles. The maximum Gasteiger partial charge on any atom is 0.292 e. The number of rotatable bonds is 3. The van der Waals surface area contributed by atoms with Crippen molar-refractivity contribution >= 4 is 11.4 Å². The summed E-state index contributed by atoms with van der Waals surface area (Å²) in [4.78, 5) is 13.3. The summed E-state index contributed by atoms with van der Waals surface area (Å²) in [5, 5.41) is 14.5. The van der Waals surface area contributed by atoms with Crippen LogP contribution in [-0.4, -0.2) is 35.5 Å². The molecule has 3 unspecified atom stereocenters. The predicted molar refractivity (Wildman–Crippen MR) is 74.4 cm³/mol. The van der Waals surface area contributed by atoms with Crippen LogP contribution in [0.1, 0.15) is 18.4 Å². The summed E-state index contributed by atoms with van der Waals surface area (Å²) in [5.74, 6) is 0.633. The van der Waals surface area contributed by atoms with Crippen LogP contribution < -0.4 is 5.32 Å². The van der Waals surface area contributed by atoms with Gasteiger partial charge in [0.2, 0.25) is 0 Å². The molecule has 19 heavy (non-hydrogen) atoms. The zero-order chi connectivity index (χ0) is 13.4. The Kier molecular flexibility index (Phi) is 3.14. The molecule has 3 rings (SSSR count). The highest BCUT2D eigenvalue weighted by molar-refractivity contribution is 5.63. The van der Waals surface area contributed by atoms with Crippen molar-refractivity contribution in [2.24, 2.45) is 5.92 Å². The van der Waals surface area contributed by atoms with E-state index in [9.17, 15) is 10.1 Å². The Labute approximate surface area is 112 Å². The molecule has 1 N–H and O–H groups in total. The maximum absolute atomic E-state index is 11.1. The topological polar surface area (TPSA) is 58.4 Å². The van der Waals surface area contributed by atoms with Gasteiger partial charge < -0.3 is 10.2 Å². The van der Waals surface area contributed by atoms with E-state index in [1.807, 2.05) is 13.0 Å². The molecule has 3 atom stereocenters. The van der Waals surface area contributed by atoms with E-state index in [-0.39, 0.29) is 10.6 Å². The first-order valence-electron chi connectivity index (χ1n) is 6.87. The van der Waals surface area contributed by atoms with E-state index in [4.69, 9.17) is 0 Å². The van der Waals surface area contributed by atoms with Crippen molar-refractivity contribution in [1.82, 2.24) is 4.90 Å².